The number of nitrogens with zero attached hydrogens (tertiary/aromatic N) is 2. The van der Waals surface area contributed by atoms with Crippen molar-refractivity contribution in [3.8, 4) is 11.3 Å². The van der Waals surface area contributed by atoms with Gasteiger partial charge in [-0.25, -0.2) is 4.98 Å². The smallest absolute Gasteiger partial charge is 0.261 e. The number of hydrogen-bond donors (Lipinski definition) is 3. The van der Waals surface area contributed by atoms with Crippen molar-refractivity contribution in [2.75, 3.05) is 5.32 Å². The monoisotopic (exact) mass is 317 g/mol. The molecule has 2 aromatic carbocycles. The summed E-state index contributed by atoms with van der Waals surface area (Å²) in [6, 6.07) is 15.5. The van der Waals surface area contributed by atoms with E-state index in [1.54, 1.807) is 6.20 Å². The summed E-state index contributed by atoms with van der Waals surface area (Å²) >= 11 is 0. The number of carbonyl (C=O) groups is 1. The number of benzene rings is 2. The van der Waals surface area contributed by atoms with Gasteiger partial charge < -0.3 is 4.98 Å². The van der Waals surface area contributed by atoms with Gasteiger partial charge in [0.05, 0.1) is 16.6 Å². The first-order valence-corrected chi connectivity index (χ1v) is 7.57. The highest BCUT2D eigenvalue weighted by atomic mass is 16.1. The summed E-state index contributed by atoms with van der Waals surface area (Å²) in [7, 11) is 0. The number of carbonyl (C=O) groups excluding carboxylic acids is 1. The van der Waals surface area contributed by atoms with Crippen molar-refractivity contribution < 1.29 is 4.79 Å². The fraction of sp³-hybridized carbons (Fsp3) is 0.0556. The SMILES string of the molecule is Cc1ccc(-c2n[nH]cc2C(=O)Nc2nc3ccccc3[nH]2)cc1. The Bertz CT molecular complexity index is 980. The standard InChI is InChI=1S/C18H15N5O/c1-11-6-8-12(9-7-11)16-13(10-19-23-16)17(24)22-18-20-14-4-2-3-5-15(14)21-18/h2-10H,1H3,(H,19,23)(H2,20,21,22,24). The van der Waals surface area contributed by atoms with E-state index in [9.17, 15) is 4.79 Å². The Kier molecular flexibility index (Phi) is 3.35. The second-order valence-electron chi connectivity index (χ2n) is 5.57. The van der Waals surface area contributed by atoms with Gasteiger partial charge in [-0.05, 0) is 19.1 Å². The van der Waals surface area contributed by atoms with E-state index < -0.39 is 0 Å². The number of imidazole rings is 1. The lowest BCUT2D eigenvalue weighted by Crippen LogP contribution is -2.13. The molecule has 0 fully saturated rings. The number of para-hydroxylation sites is 2. The quantitative estimate of drug-likeness (QED) is 0.540. The van der Waals surface area contributed by atoms with Gasteiger partial charge in [-0.3, -0.25) is 15.2 Å². The molecule has 0 atom stereocenters. The summed E-state index contributed by atoms with van der Waals surface area (Å²) in [5.41, 5.74) is 4.81. The molecule has 24 heavy (non-hydrogen) atoms. The molecule has 0 saturated heterocycles. The molecule has 0 bridgehead atoms. The summed E-state index contributed by atoms with van der Waals surface area (Å²) < 4.78 is 0. The number of nitrogens with one attached hydrogen (secondary N) is 3. The molecule has 6 heteroatoms. The molecule has 0 aliphatic carbocycles. The zero-order valence-electron chi connectivity index (χ0n) is 13.0. The molecule has 2 heterocycles. The van der Waals surface area contributed by atoms with E-state index in [1.165, 1.54) is 0 Å². The molecule has 0 aliphatic rings. The van der Waals surface area contributed by atoms with Crippen LogP contribution in [0.1, 0.15) is 15.9 Å². The lowest BCUT2D eigenvalue weighted by Gasteiger charge is -2.03. The predicted octanol–water partition coefficient (Wildman–Crippen LogP) is 3.51. The minimum absolute atomic E-state index is 0.265. The molecule has 6 nitrogen and oxygen atoms in total. The van der Waals surface area contributed by atoms with Crippen molar-refractivity contribution in [3.05, 3.63) is 65.9 Å². The van der Waals surface area contributed by atoms with Gasteiger partial charge in [-0.2, -0.15) is 5.10 Å². The van der Waals surface area contributed by atoms with Crippen molar-refractivity contribution in [3.63, 3.8) is 0 Å². The van der Waals surface area contributed by atoms with Gasteiger partial charge in [-0.15, -0.1) is 0 Å². The van der Waals surface area contributed by atoms with E-state index in [0.29, 0.717) is 17.2 Å². The molecular weight excluding hydrogens is 302 g/mol. The first-order valence-electron chi connectivity index (χ1n) is 7.57. The van der Waals surface area contributed by atoms with Crippen molar-refractivity contribution in [2.45, 2.75) is 6.92 Å². The van der Waals surface area contributed by atoms with Crippen LogP contribution in [-0.4, -0.2) is 26.1 Å². The van der Waals surface area contributed by atoms with E-state index in [1.807, 2.05) is 55.5 Å². The van der Waals surface area contributed by atoms with Gasteiger partial charge in [0.1, 0.15) is 5.69 Å². The minimum atomic E-state index is -0.265. The highest BCUT2D eigenvalue weighted by Gasteiger charge is 2.17. The summed E-state index contributed by atoms with van der Waals surface area (Å²) in [6.45, 7) is 2.02. The van der Waals surface area contributed by atoms with Crippen LogP contribution in [0.25, 0.3) is 22.3 Å². The van der Waals surface area contributed by atoms with Crippen LogP contribution in [-0.2, 0) is 0 Å². The third kappa shape index (κ3) is 2.54. The third-order valence-corrected chi connectivity index (χ3v) is 3.83. The Hall–Kier alpha value is -3.41. The molecular formula is C18H15N5O. The number of anilines is 1. The van der Waals surface area contributed by atoms with Crippen LogP contribution in [0, 0.1) is 6.92 Å². The molecule has 4 rings (SSSR count). The first kappa shape index (κ1) is 14.2. The van der Waals surface area contributed by atoms with Crippen molar-refractivity contribution in [1.82, 2.24) is 20.2 Å². The van der Waals surface area contributed by atoms with Crippen LogP contribution in [0.3, 0.4) is 0 Å². The van der Waals surface area contributed by atoms with Crippen LogP contribution < -0.4 is 5.32 Å². The lowest BCUT2D eigenvalue weighted by atomic mass is 10.1. The Morgan fingerprint density at radius 2 is 1.88 bits per heavy atom. The van der Waals surface area contributed by atoms with E-state index in [4.69, 9.17) is 0 Å². The van der Waals surface area contributed by atoms with Gasteiger partial charge in [0, 0.05) is 11.8 Å². The predicted molar refractivity (Wildman–Crippen MR) is 92.8 cm³/mol. The Labute approximate surface area is 137 Å². The molecule has 0 aliphatic heterocycles. The maximum absolute atomic E-state index is 12.6. The largest absolute Gasteiger partial charge is 0.324 e. The number of aryl methyl sites for hydroxylation is 1. The number of hydrogen-bond acceptors (Lipinski definition) is 3. The van der Waals surface area contributed by atoms with Crippen LogP contribution >= 0.6 is 0 Å². The summed E-state index contributed by atoms with van der Waals surface area (Å²) in [4.78, 5) is 20.0. The molecule has 0 spiro atoms. The molecule has 0 saturated carbocycles. The topological polar surface area (TPSA) is 86.5 Å². The maximum Gasteiger partial charge on any atom is 0.261 e. The fourth-order valence-corrected chi connectivity index (χ4v) is 2.58. The lowest BCUT2D eigenvalue weighted by molar-refractivity contribution is 0.102. The van der Waals surface area contributed by atoms with Gasteiger partial charge >= 0.3 is 0 Å². The van der Waals surface area contributed by atoms with E-state index in [2.05, 4.69) is 25.5 Å². The van der Waals surface area contributed by atoms with Gasteiger partial charge in [0.15, 0.2) is 0 Å². The second kappa shape index (κ2) is 5.66. The van der Waals surface area contributed by atoms with Crippen molar-refractivity contribution in [1.29, 1.82) is 0 Å². The molecule has 2 aromatic heterocycles. The van der Waals surface area contributed by atoms with E-state index in [-0.39, 0.29) is 5.91 Å². The van der Waals surface area contributed by atoms with Crippen LogP contribution in [0.15, 0.2) is 54.7 Å². The molecule has 0 radical (unpaired) electrons. The van der Waals surface area contributed by atoms with Crippen LogP contribution in [0.4, 0.5) is 5.95 Å². The molecule has 0 unspecified atom stereocenters. The van der Waals surface area contributed by atoms with Gasteiger partial charge in [-0.1, -0.05) is 42.0 Å². The Balaban J connectivity index is 1.63. The fourth-order valence-electron chi connectivity index (χ4n) is 2.58. The zero-order valence-corrected chi connectivity index (χ0v) is 13.0. The number of H-pyrrole nitrogens is 2. The number of fused-ring (bicyclic) bond motifs is 1. The number of amides is 1. The molecule has 4 aromatic rings. The minimum Gasteiger partial charge on any atom is -0.324 e. The highest BCUT2D eigenvalue weighted by Crippen LogP contribution is 2.22. The van der Waals surface area contributed by atoms with E-state index >= 15 is 0 Å². The van der Waals surface area contributed by atoms with Crippen molar-refractivity contribution >= 4 is 22.9 Å². The highest BCUT2D eigenvalue weighted by molar-refractivity contribution is 6.07. The first-order chi connectivity index (χ1) is 11.7. The Morgan fingerprint density at radius 1 is 1.08 bits per heavy atom. The van der Waals surface area contributed by atoms with Gasteiger partial charge in [0.2, 0.25) is 5.95 Å². The van der Waals surface area contributed by atoms with Crippen LogP contribution in [0.2, 0.25) is 0 Å². The normalized spacial score (nSPS) is 10.9. The summed E-state index contributed by atoms with van der Waals surface area (Å²) in [6.07, 6.45) is 1.59. The Morgan fingerprint density at radius 3 is 2.67 bits per heavy atom. The average molecular weight is 317 g/mol. The molecule has 118 valence electrons. The van der Waals surface area contributed by atoms with E-state index in [0.717, 1.165) is 22.2 Å². The third-order valence-electron chi connectivity index (χ3n) is 3.83. The van der Waals surface area contributed by atoms with Crippen LogP contribution in [0.5, 0.6) is 0 Å². The maximum atomic E-state index is 12.6. The zero-order chi connectivity index (χ0) is 16.5. The number of rotatable bonds is 3. The van der Waals surface area contributed by atoms with Gasteiger partial charge in [0.25, 0.3) is 5.91 Å². The number of aromatic nitrogens is 4. The van der Waals surface area contributed by atoms with Crippen molar-refractivity contribution in [2.24, 2.45) is 0 Å². The average Bonchev–Trinajstić information content (AvgIpc) is 3.21. The molecule has 1 amide bonds. The summed E-state index contributed by atoms with van der Waals surface area (Å²) in [5.74, 6) is 0.149. The number of aromatic amines is 2. The second-order valence-corrected chi connectivity index (χ2v) is 5.57. The molecule has 3 N–H and O–H groups in total. The summed E-state index contributed by atoms with van der Waals surface area (Å²) in [5, 5.41) is 9.76.